The minimum atomic E-state index is 0.554. The number of nitrogens with two attached hydrogens (primary N) is 1. The zero-order valence-electron chi connectivity index (χ0n) is 9.60. The van der Waals surface area contributed by atoms with Crippen LogP contribution in [0.5, 0.6) is 0 Å². The molecular weight excluding hydrogens is 244 g/mol. The maximum Gasteiger partial charge on any atom is 0.131 e. The predicted octanol–water partition coefficient (Wildman–Crippen LogP) is 4.14. The molecule has 0 spiro atoms. The van der Waals surface area contributed by atoms with Gasteiger partial charge in [0.1, 0.15) is 5.82 Å². The molecule has 2 N–H and O–H groups in total. The number of nitrogen functional groups attached to an aromatic ring is 1. The molecule has 2 nitrogen and oxygen atoms in total. The SMILES string of the molecule is Nc1nc(-c2ccc(Cl)cc2)cc2ccccc12. The number of fused-ring (bicyclic) bond motifs is 1. The molecule has 0 saturated carbocycles. The number of halogens is 1. The van der Waals surface area contributed by atoms with Crippen molar-refractivity contribution in [3.8, 4) is 11.3 Å². The van der Waals surface area contributed by atoms with Crippen molar-refractivity contribution in [1.29, 1.82) is 0 Å². The molecule has 0 unspecified atom stereocenters. The van der Waals surface area contributed by atoms with Crippen molar-refractivity contribution < 1.29 is 0 Å². The lowest BCUT2D eigenvalue weighted by molar-refractivity contribution is 1.36. The molecule has 0 fully saturated rings. The topological polar surface area (TPSA) is 38.9 Å². The number of hydrogen-bond acceptors (Lipinski definition) is 2. The summed E-state index contributed by atoms with van der Waals surface area (Å²) in [5.41, 5.74) is 7.86. The first-order chi connectivity index (χ1) is 8.74. The van der Waals surface area contributed by atoms with Gasteiger partial charge in [-0.05, 0) is 23.6 Å². The molecule has 1 heterocycles. The van der Waals surface area contributed by atoms with E-state index < -0.39 is 0 Å². The van der Waals surface area contributed by atoms with Crippen molar-refractivity contribution >= 4 is 28.2 Å². The molecule has 3 aromatic rings. The number of hydrogen-bond donors (Lipinski definition) is 1. The maximum absolute atomic E-state index is 5.99. The van der Waals surface area contributed by atoms with Crippen molar-refractivity contribution in [3.63, 3.8) is 0 Å². The van der Waals surface area contributed by atoms with Crippen LogP contribution in [0.4, 0.5) is 5.82 Å². The van der Waals surface area contributed by atoms with Gasteiger partial charge in [-0.3, -0.25) is 0 Å². The van der Waals surface area contributed by atoms with Crippen LogP contribution in [0.1, 0.15) is 0 Å². The van der Waals surface area contributed by atoms with Crippen LogP contribution in [0.15, 0.2) is 54.6 Å². The molecule has 0 radical (unpaired) electrons. The number of benzene rings is 2. The Bertz CT molecular complexity index is 705. The van der Waals surface area contributed by atoms with Gasteiger partial charge in [0.2, 0.25) is 0 Å². The Balaban J connectivity index is 2.21. The summed E-state index contributed by atoms with van der Waals surface area (Å²) < 4.78 is 0. The first kappa shape index (κ1) is 11.1. The molecule has 0 amide bonds. The molecule has 0 aliphatic rings. The Morgan fingerprint density at radius 3 is 2.44 bits per heavy atom. The van der Waals surface area contributed by atoms with Gasteiger partial charge in [-0.15, -0.1) is 0 Å². The second kappa shape index (κ2) is 4.31. The van der Waals surface area contributed by atoms with Gasteiger partial charge in [-0.25, -0.2) is 4.98 Å². The molecule has 0 aliphatic heterocycles. The smallest absolute Gasteiger partial charge is 0.131 e. The highest BCUT2D eigenvalue weighted by Gasteiger charge is 2.04. The highest BCUT2D eigenvalue weighted by molar-refractivity contribution is 6.30. The van der Waals surface area contributed by atoms with E-state index in [9.17, 15) is 0 Å². The summed E-state index contributed by atoms with van der Waals surface area (Å²) in [4.78, 5) is 4.44. The van der Waals surface area contributed by atoms with Crippen molar-refractivity contribution in [2.45, 2.75) is 0 Å². The number of pyridine rings is 1. The molecule has 3 heteroatoms. The summed E-state index contributed by atoms with van der Waals surface area (Å²) >= 11 is 5.88. The van der Waals surface area contributed by atoms with Crippen LogP contribution in [-0.4, -0.2) is 4.98 Å². The lowest BCUT2D eigenvalue weighted by atomic mass is 10.1. The molecule has 1 aromatic heterocycles. The lowest BCUT2D eigenvalue weighted by Crippen LogP contribution is -1.94. The minimum absolute atomic E-state index is 0.554. The predicted molar refractivity (Wildman–Crippen MR) is 76.6 cm³/mol. The zero-order valence-corrected chi connectivity index (χ0v) is 10.4. The van der Waals surface area contributed by atoms with Gasteiger partial charge in [-0.1, -0.05) is 48.0 Å². The summed E-state index contributed by atoms with van der Waals surface area (Å²) in [6.45, 7) is 0. The first-order valence-corrected chi connectivity index (χ1v) is 6.03. The minimum Gasteiger partial charge on any atom is -0.383 e. The molecule has 0 bridgehead atoms. The number of rotatable bonds is 1. The molecular formula is C15H11ClN2. The number of nitrogens with zero attached hydrogens (tertiary/aromatic N) is 1. The van der Waals surface area contributed by atoms with Gasteiger partial charge in [0.25, 0.3) is 0 Å². The van der Waals surface area contributed by atoms with E-state index in [0.717, 1.165) is 22.0 Å². The first-order valence-electron chi connectivity index (χ1n) is 5.65. The number of aromatic nitrogens is 1. The highest BCUT2D eigenvalue weighted by Crippen LogP contribution is 2.26. The fraction of sp³-hybridized carbons (Fsp3) is 0. The van der Waals surface area contributed by atoms with E-state index in [0.29, 0.717) is 10.8 Å². The Kier molecular flexibility index (Phi) is 2.65. The van der Waals surface area contributed by atoms with E-state index in [1.54, 1.807) is 0 Å². The van der Waals surface area contributed by atoms with Gasteiger partial charge in [0, 0.05) is 16.0 Å². The van der Waals surface area contributed by atoms with Gasteiger partial charge in [0.15, 0.2) is 0 Å². The third-order valence-corrected chi connectivity index (χ3v) is 3.16. The summed E-state index contributed by atoms with van der Waals surface area (Å²) in [5.74, 6) is 0.554. The fourth-order valence-electron chi connectivity index (χ4n) is 1.99. The average molecular weight is 255 g/mol. The molecule has 0 aliphatic carbocycles. The quantitative estimate of drug-likeness (QED) is 0.709. The average Bonchev–Trinajstić information content (AvgIpc) is 2.39. The van der Waals surface area contributed by atoms with E-state index in [2.05, 4.69) is 4.98 Å². The van der Waals surface area contributed by atoms with E-state index in [1.165, 1.54) is 0 Å². The summed E-state index contributed by atoms with van der Waals surface area (Å²) in [6.07, 6.45) is 0. The van der Waals surface area contributed by atoms with Crippen molar-refractivity contribution in [3.05, 3.63) is 59.6 Å². The summed E-state index contributed by atoms with van der Waals surface area (Å²) in [5, 5.41) is 2.79. The molecule has 0 atom stereocenters. The monoisotopic (exact) mass is 254 g/mol. The molecule has 18 heavy (non-hydrogen) atoms. The van der Waals surface area contributed by atoms with Crippen LogP contribution >= 0.6 is 11.6 Å². The van der Waals surface area contributed by atoms with Gasteiger partial charge in [-0.2, -0.15) is 0 Å². The van der Waals surface area contributed by atoms with Crippen LogP contribution in [0.2, 0.25) is 5.02 Å². The van der Waals surface area contributed by atoms with Crippen LogP contribution in [0.25, 0.3) is 22.0 Å². The van der Waals surface area contributed by atoms with E-state index >= 15 is 0 Å². The lowest BCUT2D eigenvalue weighted by Gasteiger charge is -2.06. The largest absolute Gasteiger partial charge is 0.383 e. The maximum atomic E-state index is 5.99. The van der Waals surface area contributed by atoms with Crippen LogP contribution < -0.4 is 5.73 Å². The number of anilines is 1. The molecule has 0 saturated heterocycles. The van der Waals surface area contributed by atoms with E-state index in [-0.39, 0.29) is 0 Å². The summed E-state index contributed by atoms with van der Waals surface area (Å²) in [6, 6.07) is 17.6. The Morgan fingerprint density at radius 2 is 1.67 bits per heavy atom. The second-order valence-corrected chi connectivity index (χ2v) is 4.56. The second-order valence-electron chi connectivity index (χ2n) is 4.12. The van der Waals surface area contributed by atoms with Crippen LogP contribution in [-0.2, 0) is 0 Å². The van der Waals surface area contributed by atoms with Crippen LogP contribution in [0, 0.1) is 0 Å². The zero-order chi connectivity index (χ0) is 12.5. The van der Waals surface area contributed by atoms with Crippen molar-refractivity contribution in [2.75, 3.05) is 5.73 Å². The summed E-state index contributed by atoms with van der Waals surface area (Å²) in [7, 11) is 0. The Labute approximate surface area is 110 Å². The van der Waals surface area contributed by atoms with E-state index in [1.807, 2.05) is 54.6 Å². The molecule has 88 valence electrons. The van der Waals surface area contributed by atoms with Crippen LogP contribution in [0.3, 0.4) is 0 Å². The third kappa shape index (κ3) is 1.91. The molecule has 2 aromatic carbocycles. The van der Waals surface area contributed by atoms with Gasteiger partial charge < -0.3 is 5.73 Å². The standard InChI is InChI=1S/C15H11ClN2/c16-12-7-5-10(6-8-12)14-9-11-3-1-2-4-13(11)15(17)18-14/h1-9H,(H2,17,18). The van der Waals surface area contributed by atoms with E-state index in [4.69, 9.17) is 17.3 Å². The third-order valence-electron chi connectivity index (χ3n) is 2.91. The van der Waals surface area contributed by atoms with Gasteiger partial charge >= 0.3 is 0 Å². The fourth-order valence-corrected chi connectivity index (χ4v) is 2.12. The Hall–Kier alpha value is -2.06. The van der Waals surface area contributed by atoms with Crippen molar-refractivity contribution in [1.82, 2.24) is 4.98 Å². The van der Waals surface area contributed by atoms with Gasteiger partial charge in [0.05, 0.1) is 5.69 Å². The molecule has 3 rings (SSSR count). The normalized spacial score (nSPS) is 10.7. The Morgan fingerprint density at radius 1 is 0.944 bits per heavy atom. The highest BCUT2D eigenvalue weighted by atomic mass is 35.5. The van der Waals surface area contributed by atoms with Crippen molar-refractivity contribution in [2.24, 2.45) is 0 Å².